The number of methoxy groups -OCH3 is 2. The molecular weight excluding hydrogens is 252 g/mol. The summed E-state index contributed by atoms with van der Waals surface area (Å²) in [6.07, 6.45) is 0. The molecule has 1 aromatic carbocycles. The van der Waals surface area contributed by atoms with Crippen LogP contribution in [0.5, 0.6) is 11.5 Å². The van der Waals surface area contributed by atoms with Crippen molar-refractivity contribution in [3.05, 3.63) is 12.1 Å². The summed E-state index contributed by atoms with van der Waals surface area (Å²) in [5.74, 6) is 2.15. The number of ether oxygens (including phenoxy) is 2. The minimum absolute atomic E-state index is 0.0802. The van der Waals surface area contributed by atoms with Crippen LogP contribution in [0.15, 0.2) is 12.1 Å². The van der Waals surface area contributed by atoms with Gasteiger partial charge in [-0.05, 0) is 19.8 Å². The van der Waals surface area contributed by atoms with E-state index in [0.29, 0.717) is 5.92 Å². The number of hydrogen-bond donors (Lipinski definition) is 1. The molecule has 1 aliphatic heterocycles. The smallest absolute Gasteiger partial charge is 0.162 e. The summed E-state index contributed by atoms with van der Waals surface area (Å²) in [6.45, 7) is 11.0. The van der Waals surface area contributed by atoms with Crippen LogP contribution in [0.3, 0.4) is 0 Å². The molecule has 0 radical (unpaired) electrons. The first kappa shape index (κ1) is 14.8. The predicted octanol–water partition coefficient (Wildman–Crippen LogP) is 3.37. The molecule has 0 saturated heterocycles. The van der Waals surface area contributed by atoms with Crippen molar-refractivity contribution < 1.29 is 9.47 Å². The summed E-state index contributed by atoms with van der Waals surface area (Å²) in [7, 11) is 3.35. The highest BCUT2D eigenvalue weighted by Crippen LogP contribution is 2.43. The van der Waals surface area contributed by atoms with E-state index >= 15 is 0 Å². The third-order valence-corrected chi connectivity index (χ3v) is 3.78. The molecule has 0 unspecified atom stereocenters. The summed E-state index contributed by atoms with van der Waals surface area (Å²) in [5, 5.41) is 3.50. The molecular formula is C16H26N2O2. The molecule has 0 bridgehead atoms. The number of anilines is 2. The second-order valence-electron chi connectivity index (χ2n) is 6.39. The first-order valence-corrected chi connectivity index (χ1v) is 7.16. The van der Waals surface area contributed by atoms with Crippen LogP contribution in [-0.4, -0.2) is 32.8 Å². The average molecular weight is 278 g/mol. The van der Waals surface area contributed by atoms with Crippen molar-refractivity contribution in [3.8, 4) is 11.5 Å². The van der Waals surface area contributed by atoms with Crippen LogP contribution in [0.25, 0.3) is 0 Å². The molecule has 20 heavy (non-hydrogen) atoms. The van der Waals surface area contributed by atoms with Gasteiger partial charge in [-0.15, -0.1) is 0 Å². The van der Waals surface area contributed by atoms with Gasteiger partial charge in [0.2, 0.25) is 0 Å². The fraction of sp³-hybridized carbons (Fsp3) is 0.625. The first-order valence-electron chi connectivity index (χ1n) is 7.16. The average Bonchev–Trinajstić information content (AvgIpc) is 2.40. The van der Waals surface area contributed by atoms with Crippen molar-refractivity contribution in [2.75, 3.05) is 37.5 Å². The standard InChI is InChI=1S/C16H26N2O2/c1-11(2)9-18-13-8-15(20-6)14(19-5)7-12(13)17-10-16(18,3)4/h7-8,11,17H,9-10H2,1-6H3. The lowest BCUT2D eigenvalue weighted by atomic mass is 9.95. The van der Waals surface area contributed by atoms with Crippen molar-refractivity contribution in [1.29, 1.82) is 0 Å². The Morgan fingerprint density at radius 3 is 2.35 bits per heavy atom. The Kier molecular flexibility index (Phi) is 4.02. The second-order valence-corrected chi connectivity index (χ2v) is 6.39. The molecule has 0 spiro atoms. The van der Waals surface area contributed by atoms with Crippen molar-refractivity contribution in [3.63, 3.8) is 0 Å². The van der Waals surface area contributed by atoms with Gasteiger partial charge in [-0.3, -0.25) is 0 Å². The van der Waals surface area contributed by atoms with Gasteiger partial charge in [0.1, 0.15) is 0 Å². The zero-order valence-electron chi connectivity index (χ0n) is 13.4. The van der Waals surface area contributed by atoms with E-state index < -0.39 is 0 Å². The van der Waals surface area contributed by atoms with E-state index in [1.54, 1.807) is 14.2 Å². The van der Waals surface area contributed by atoms with Gasteiger partial charge in [-0.2, -0.15) is 0 Å². The van der Waals surface area contributed by atoms with E-state index in [1.165, 1.54) is 5.69 Å². The largest absolute Gasteiger partial charge is 0.493 e. The first-order chi connectivity index (χ1) is 9.39. The SMILES string of the molecule is COc1cc2c(cc1OC)N(CC(C)C)C(C)(C)CN2. The molecule has 4 nitrogen and oxygen atoms in total. The molecule has 1 aromatic rings. The van der Waals surface area contributed by atoms with Gasteiger partial charge in [0.15, 0.2) is 11.5 Å². The van der Waals surface area contributed by atoms with E-state index in [-0.39, 0.29) is 5.54 Å². The summed E-state index contributed by atoms with van der Waals surface area (Å²) < 4.78 is 10.8. The van der Waals surface area contributed by atoms with Crippen molar-refractivity contribution in [2.45, 2.75) is 33.2 Å². The molecule has 4 heteroatoms. The van der Waals surface area contributed by atoms with E-state index in [1.807, 2.05) is 6.07 Å². The van der Waals surface area contributed by atoms with Crippen molar-refractivity contribution in [2.24, 2.45) is 5.92 Å². The van der Waals surface area contributed by atoms with E-state index in [0.717, 1.165) is 30.3 Å². The fourth-order valence-corrected chi connectivity index (χ4v) is 2.68. The van der Waals surface area contributed by atoms with Crippen LogP contribution in [-0.2, 0) is 0 Å². The Hall–Kier alpha value is -1.58. The molecule has 1 N–H and O–H groups in total. The highest BCUT2D eigenvalue weighted by molar-refractivity contribution is 5.78. The molecule has 1 aliphatic rings. The van der Waals surface area contributed by atoms with Gasteiger partial charge in [-0.25, -0.2) is 0 Å². The highest BCUT2D eigenvalue weighted by atomic mass is 16.5. The Balaban J connectivity index is 2.49. The number of nitrogens with zero attached hydrogens (tertiary/aromatic N) is 1. The summed E-state index contributed by atoms with van der Waals surface area (Å²) in [6, 6.07) is 4.10. The lowest BCUT2D eigenvalue weighted by molar-refractivity contribution is 0.354. The molecule has 0 saturated carbocycles. The minimum atomic E-state index is 0.0802. The zero-order chi connectivity index (χ0) is 14.9. The van der Waals surface area contributed by atoms with Crippen molar-refractivity contribution in [1.82, 2.24) is 0 Å². The monoisotopic (exact) mass is 278 g/mol. The van der Waals surface area contributed by atoms with E-state index in [9.17, 15) is 0 Å². The zero-order valence-corrected chi connectivity index (χ0v) is 13.4. The van der Waals surface area contributed by atoms with Gasteiger partial charge < -0.3 is 19.7 Å². The lowest BCUT2D eigenvalue weighted by Gasteiger charge is -2.46. The van der Waals surface area contributed by atoms with Crippen LogP contribution in [0, 0.1) is 5.92 Å². The highest BCUT2D eigenvalue weighted by Gasteiger charge is 2.33. The third-order valence-electron chi connectivity index (χ3n) is 3.78. The lowest BCUT2D eigenvalue weighted by Crippen LogP contribution is -2.53. The molecule has 0 fully saturated rings. The van der Waals surface area contributed by atoms with Gasteiger partial charge in [0.25, 0.3) is 0 Å². The summed E-state index contributed by atoms with van der Waals surface area (Å²) in [4.78, 5) is 2.46. The minimum Gasteiger partial charge on any atom is -0.493 e. The topological polar surface area (TPSA) is 33.7 Å². The normalized spacial score (nSPS) is 16.6. The van der Waals surface area contributed by atoms with Gasteiger partial charge >= 0.3 is 0 Å². The van der Waals surface area contributed by atoms with Crippen LogP contribution in [0.1, 0.15) is 27.7 Å². The molecule has 112 valence electrons. The van der Waals surface area contributed by atoms with Crippen LogP contribution < -0.4 is 19.7 Å². The molecule has 0 aliphatic carbocycles. The van der Waals surface area contributed by atoms with Crippen molar-refractivity contribution >= 4 is 11.4 Å². The Morgan fingerprint density at radius 1 is 1.20 bits per heavy atom. The number of rotatable bonds is 4. The Morgan fingerprint density at radius 2 is 1.80 bits per heavy atom. The number of fused-ring (bicyclic) bond motifs is 1. The van der Waals surface area contributed by atoms with Gasteiger partial charge in [-0.1, -0.05) is 13.8 Å². The number of nitrogens with one attached hydrogen (secondary N) is 1. The Bertz CT molecular complexity index is 484. The van der Waals surface area contributed by atoms with E-state index in [4.69, 9.17) is 9.47 Å². The van der Waals surface area contributed by atoms with E-state index in [2.05, 4.69) is 44.0 Å². The molecule has 1 heterocycles. The molecule has 0 amide bonds. The van der Waals surface area contributed by atoms with Crippen LogP contribution in [0.4, 0.5) is 11.4 Å². The van der Waals surface area contributed by atoms with Crippen LogP contribution in [0.2, 0.25) is 0 Å². The maximum atomic E-state index is 5.44. The fourth-order valence-electron chi connectivity index (χ4n) is 2.68. The Labute approximate surface area is 122 Å². The van der Waals surface area contributed by atoms with Gasteiger partial charge in [0, 0.05) is 25.2 Å². The summed E-state index contributed by atoms with van der Waals surface area (Å²) in [5.41, 5.74) is 2.38. The maximum Gasteiger partial charge on any atom is 0.162 e. The third kappa shape index (κ3) is 2.65. The predicted molar refractivity (Wildman–Crippen MR) is 84.3 cm³/mol. The van der Waals surface area contributed by atoms with Gasteiger partial charge in [0.05, 0.1) is 31.1 Å². The summed E-state index contributed by atoms with van der Waals surface area (Å²) >= 11 is 0. The molecule has 0 atom stereocenters. The second kappa shape index (κ2) is 5.43. The quantitative estimate of drug-likeness (QED) is 0.915. The number of benzene rings is 1. The number of hydrogen-bond acceptors (Lipinski definition) is 4. The molecule has 0 aromatic heterocycles. The van der Waals surface area contributed by atoms with Crippen LogP contribution >= 0.6 is 0 Å². The maximum absolute atomic E-state index is 5.44. The molecule has 2 rings (SSSR count).